The summed E-state index contributed by atoms with van der Waals surface area (Å²) in [7, 11) is 0. The maximum Gasteiger partial charge on any atom is 0.307 e. The van der Waals surface area contributed by atoms with Crippen molar-refractivity contribution >= 4 is 22.7 Å². The Hall–Kier alpha value is -2.17. The minimum Gasteiger partial charge on any atom is -0.466 e. The Morgan fingerprint density at radius 1 is 1.35 bits per heavy atom. The van der Waals surface area contributed by atoms with E-state index >= 15 is 0 Å². The van der Waals surface area contributed by atoms with Gasteiger partial charge in [-0.05, 0) is 19.9 Å². The molecular formula is C15H16FNO3. The number of carbonyl (C=O) groups excluding carboxylic acids is 2. The van der Waals surface area contributed by atoms with Crippen molar-refractivity contribution in [3.63, 3.8) is 0 Å². The molecule has 0 aliphatic heterocycles. The minimum atomic E-state index is -0.404. The molecule has 0 aliphatic rings. The summed E-state index contributed by atoms with van der Waals surface area (Å²) in [4.78, 5) is 23.0. The van der Waals surface area contributed by atoms with Crippen LogP contribution in [0.3, 0.4) is 0 Å². The number of carbonyl (C=O) groups is 2. The van der Waals surface area contributed by atoms with Gasteiger partial charge in [0.15, 0.2) is 5.78 Å². The lowest BCUT2D eigenvalue weighted by molar-refractivity contribution is -0.143. The first-order valence-corrected chi connectivity index (χ1v) is 6.48. The number of ketones is 1. The van der Waals surface area contributed by atoms with Crippen molar-refractivity contribution in [1.29, 1.82) is 0 Å². The van der Waals surface area contributed by atoms with E-state index in [1.54, 1.807) is 29.8 Å². The van der Waals surface area contributed by atoms with Gasteiger partial charge in [-0.1, -0.05) is 12.1 Å². The smallest absolute Gasteiger partial charge is 0.307 e. The quantitative estimate of drug-likeness (QED) is 0.623. The topological polar surface area (TPSA) is 48.3 Å². The summed E-state index contributed by atoms with van der Waals surface area (Å²) in [6.07, 6.45) is 1.73. The molecule has 0 radical (unpaired) electrons. The van der Waals surface area contributed by atoms with Crippen LogP contribution in [0.2, 0.25) is 0 Å². The maximum atomic E-state index is 13.9. The Balaban J connectivity index is 2.38. The average molecular weight is 277 g/mol. The highest BCUT2D eigenvalue weighted by Gasteiger charge is 2.15. The van der Waals surface area contributed by atoms with Crippen LogP contribution < -0.4 is 0 Å². The van der Waals surface area contributed by atoms with Crippen molar-refractivity contribution in [3.05, 3.63) is 35.8 Å². The predicted octanol–water partition coefficient (Wildman–Crippen LogP) is 2.94. The predicted molar refractivity (Wildman–Crippen MR) is 73.2 cm³/mol. The summed E-state index contributed by atoms with van der Waals surface area (Å²) in [5.41, 5.74) is 0.811. The van der Waals surface area contributed by atoms with Crippen molar-refractivity contribution in [3.8, 4) is 0 Å². The number of benzene rings is 1. The fourth-order valence-corrected chi connectivity index (χ4v) is 2.22. The molecule has 0 N–H and O–H groups in total. The Labute approximate surface area is 116 Å². The molecule has 0 amide bonds. The van der Waals surface area contributed by atoms with Crippen molar-refractivity contribution in [2.24, 2.45) is 0 Å². The molecule has 2 aromatic rings. The second kappa shape index (κ2) is 5.86. The highest BCUT2D eigenvalue weighted by atomic mass is 19.1. The van der Waals surface area contributed by atoms with Gasteiger partial charge in [0.1, 0.15) is 5.82 Å². The molecule has 20 heavy (non-hydrogen) atoms. The van der Waals surface area contributed by atoms with Gasteiger partial charge in [0.25, 0.3) is 0 Å². The van der Waals surface area contributed by atoms with Gasteiger partial charge in [-0.3, -0.25) is 9.59 Å². The molecule has 1 aromatic carbocycles. The molecule has 1 heterocycles. The van der Waals surface area contributed by atoms with Gasteiger partial charge in [0.05, 0.1) is 18.5 Å². The van der Waals surface area contributed by atoms with Gasteiger partial charge in [0.2, 0.25) is 0 Å². The molecule has 4 nitrogen and oxygen atoms in total. The van der Waals surface area contributed by atoms with E-state index in [1.165, 1.54) is 13.0 Å². The molecule has 0 spiro atoms. The Morgan fingerprint density at radius 3 is 2.75 bits per heavy atom. The van der Waals surface area contributed by atoms with Crippen LogP contribution in [-0.2, 0) is 16.1 Å². The average Bonchev–Trinajstić information content (AvgIpc) is 2.77. The Kier molecular flexibility index (Phi) is 4.17. The summed E-state index contributed by atoms with van der Waals surface area (Å²) < 4.78 is 20.4. The summed E-state index contributed by atoms with van der Waals surface area (Å²) in [6, 6.07) is 4.61. The summed E-state index contributed by atoms with van der Waals surface area (Å²) in [5, 5.41) is 0.571. The number of ether oxygens (including phenoxy) is 1. The zero-order valence-corrected chi connectivity index (χ0v) is 11.5. The van der Waals surface area contributed by atoms with Gasteiger partial charge in [-0.25, -0.2) is 4.39 Å². The van der Waals surface area contributed by atoms with Crippen LogP contribution in [0.25, 0.3) is 10.9 Å². The van der Waals surface area contributed by atoms with Gasteiger partial charge in [0, 0.05) is 23.7 Å². The first kappa shape index (κ1) is 14.2. The van der Waals surface area contributed by atoms with Gasteiger partial charge < -0.3 is 9.30 Å². The number of aryl methyl sites for hydroxylation is 1. The molecule has 0 saturated heterocycles. The van der Waals surface area contributed by atoms with E-state index in [-0.39, 0.29) is 24.7 Å². The number of esters is 1. The molecule has 2 rings (SSSR count). The molecule has 0 fully saturated rings. The number of rotatable bonds is 5. The van der Waals surface area contributed by atoms with Crippen LogP contribution >= 0.6 is 0 Å². The number of fused-ring (bicyclic) bond motifs is 1. The highest BCUT2D eigenvalue weighted by Crippen LogP contribution is 2.24. The zero-order chi connectivity index (χ0) is 14.7. The van der Waals surface area contributed by atoms with E-state index < -0.39 is 5.82 Å². The van der Waals surface area contributed by atoms with Crippen LogP contribution in [0, 0.1) is 5.82 Å². The van der Waals surface area contributed by atoms with E-state index in [2.05, 4.69) is 0 Å². The number of hydrogen-bond donors (Lipinski definition) is 0. The van der Waals surface area contributed by atoms with Crippen molar-refractivity contribution in [2.45, 2.75) is 26.8 Å². The summed E-state index contributed by atoms with van der Waals surface area (Å²) in [6.45, 7) is 3.77. The summed E-state index contributed by atoms with van der Waals surface area (Å²) >= 11 is 0. The van der Waals surface area contributed by atoms with Crippen LogP contribution in [0.1, 0.15) is 30.6 Å². The lowest BCUT2D eigenvalue weighted by Gasteiger charge is -2.05. The molecule has 0 saturated carbocycles. The van der Waals surface area contributed by atoms with Crippen LogP contribution in [0.4, 0.5) is 4.39 Å². The largest absolute Gasteiger partial charge is 0.466 e. The van der Waals surface area contributed by atoms with Crippen LogP contribution in [0.15, 0.2) is 24.4 Å². The number of para-hydroxylation sites is 1. The third kappa shape index (κ3) is 2.71. The van der Waals surface area contributed by atoms with E-state index in [0.717, 1.165) is 0 Å². The molecule has 5 heteroatoms. The minimum absolute atomic E-state index is 0.129. The van der Waals surface area contributed by atoms with E-state index in [9.17, 15) is 14.0 Å². The van der Waals surface area contributed by atoms with Crippen LogP contribution in [-0.4, -0.2) is 22.9 Å². The fraction of sp³-hybridized carbons (Fsp3) is 0.333. The highest BCUT2D eigenvalue weighted by molar-refractivity contribution is 6.07. The monoisotopic (exact) mass is 277 g/mol. The molecule has 106 valence electrons. The van der Waals surface area contributed by atoms with Gasteiger partial charge >= 0.3 is 5.97 Å². The molecule has 0 aliphatic carbocycles. The zero-order valence-electron chi connectivity index (χ0n) is 11.5. The number of nitrogens with zero attached hydrogens (tertiary/aromatic N) is 1. The lowest BCUT2D eigenvalue weighted by Crippen LogP contribution is -2.08. The van der Waals surface area contributed by atoms with Gasteiger partial charge in [-0.2, -0.15) is 0 Å². The standard InChI is InChI=1S/C15H16FNO3/c1-3-20-14(19)7-8-17-9-12(10(2)18)11-5-4-6-13(16)15(11)17/h4-6,9H,3,7-8H2,1-2H3. The van der Waals surface area contributed by atoms with Crippen molar-refractivity contribution in [1.82, 2.24) is 4.57 Å². The van der Waals surface area contributed by atoms with Crippen molar-refractivity contribution < 1.29 is 18.7 Å². The molecule has 0 atom stereocenters. The third-order valence-corrected chi connectivity index (χ3v) is 3.09. The molecule has 1 aromatic heterocycles. The first-order chi connectivity index (χ1) is 9.54. The number of halogens is 1. The molecule has 0 bridgehead atoms. The first-order valence-electron chi connectivity index (χ1n) is 6.48. The van der Waals surface area contributed by atoms with E-state index in [1.807, 2.05) is 0 Å². The fourth-order valence-electron chi connectivity index (χ4n) is 2.22. The third-order valence-electron chi connectivity index (χ3n) is 3.09. The molecular weight excluding hydrogens is 261 g/mol. The number of Topliss-reactive ketones (excluding diaryl/α,β-unsaturated/α-hetero) is 1. The maximum absolute atomic E-state index is 13.9. The normalized spacial score (nSPS) is 10.8. The second-order valence-electron chi connectivity index (χ2n) is 4.48. The summed E-state index contributed by atoms with van der Waals surface area (Å²) in [5.74, 6) is -0.871. The number of aromatic nitrogens is 1. The Bertz CT molecular complexity index is 660. The van der Waals surface area contributed by atoms with Crippen LogP contribution in [0.5, 0.6) is 0 Å². The SMILES string of the molecule is CCOC(=O)CCn1cc(C(C)=O)c2cccc(F)c21. The lowest BCUT2D eigenvalue weighted by atomic mass is 10.1. The van der Waals surface area contributed by atoms with E-state index in [4.69, 9.17) is 4.74 Å². The second-order valence-corrected chi connectivity index (χ2v) is 4.48. The van der Waals surface area contributed by atoms with Crippen molar-refractivity contribution in [2.75, 3.05) is 6.61 Å². The molecule has 0 unspecified atom stereocenters. The Morgan fingerprint density at radius 2 is 2.10 bits per heavy atom. The van der Waals surface area contributed by atoms with Gasteiger partial charge in [-0.15, -0.1) is 0 Å². The number of hydrogen-bond acceptors (Lipinski definition) is 3. The van der Waals surface area contributed by atoms with E-state index in [0.29, 0.717) is 23.1 Å².